The molecule has 0 aromatic carbocycles. The van der Waals surface area contributed by atoms with Gasteiger partial charge in [-0.25, -0.2) is 0 Å². The molecule has 3 heteroatoms. The van der Waals surface area contributed by atoms with Gasteiger partial charge in [-0.15, -0.1) is 0 Å². The van der Waals surface area contributed by atoms with Gasteiger partial charge in [0.1, 0.15) is 0 Å². The molecule has 0 aromatic heterocycles. The first kappa shape index (κ1) is 14.9. The van der Waals surface area contributed by atoms with E-state index in [2.05, 4.69) is 64.9 Å². The van der Waals surface area contributed by atoms with E-state index in [1.807, 2.05) is 0 Å². The average Bonchev–Trinajstić information content (AvgIpc) is 2.13. The van der Waals surface area contributed by atoms with Gasteiger partial charge in [-0.3, -0.25) is 0 Å². The zero-order valence-electron chi connectivity index (χ0n) is 8.03. The molecule has 70 valence electrons. The molecule has 0 spiro atoms. The maximum atomic E-state index is 2.27. The summed E-state index contributed by atoms with van der Waals surface area (Å²) in [5, 5.41) is 0. The maximum Gasteiger partial charge on any atom is 0.0757 e. The minimum atomic E-state index is 1.28. The van der Waals surface area contributed by atoms with Crippen LogP contribution in [0.1, 0.15) is 27.7 Å². The van der Waals surface area contributed by atoms with Gasteiger partial charge in [0, 0.05) is 37.2 Å². The molecular formula is C8H20I2N+. The van der Waals surface area contributed by atoms with Gasteiger partial charge < -0.3 is 4.48 Å². The van der Waals surface area contributed by atoms with Crippen LogP contribution in [0.25, 0.3) is 0 Å². The van der Waals surface area contributed by atoms with Gasteiger partial charge in [0.2, 0.25) is 0 Å². The summed E-state index contributed by atoms with van der Waals surface area (Å²) in [6.45, 7) is 14.2. The fourth-order valence-corrected chi connectivity index (χ4v) is 1.34. The van der Waals surface area contributed by atoms with Gasteiger partial charge in [0.15, 0.2) is 0 Å². The number of quaternary nitrogens is 1. The van der Waals surface area contributed by atoms with Crippen LogP contribution in [0.5, 0.6) is 0 Å². The molecule has 0 heterocycles. The largest absolute Gasteiger partial charge is 0.325 e. The first-order valence-corrected chi connectivity index (χ1v) is 10.5. The van der Waals surface area contributed by atoms with Crippen LogP contribution in [0, 0.1) is 0 Å². The molecule has 0 atom stereocenters. The molecule has 0 amide bonds. The summed E-state index contributed by atoms with van der Waals surface area (Å²) >= 11 is 4.24. The van der Waals surface area contributed by atoms with E-state index in [0.29, 0.717) is 0 Å². The highest BCUT2D eigenvalue weighted by molar-refractivity contribution is 15.0. The van der Waals surface area contributed by atoms with Crippen molar-refractivity contribution in [3.63, 3.8) is 0 Å². The van der Waals surface area contributed by atoms with Crippen LogP contribution in [0.2, 0.25) is 0 Å². The summed E-state index contributed by atoms with van der Waals surface area (Å²) < 4.78 is 1.28. The highest BCUT2D eigenvalue weighted by Gasteiger charge is 2.16. The van der Waals surface area contributed by atoms with Crippen molar-refractivity contribution in [2.75, 3.05) is 26.2 Å². The molecule has 0 saturated heterocycles. The van der Waals surface area contributed by atoms with E-state index in [9.17, 15) is 0 Å². The molecule has 0 aliphatic rings. The monoisotopic (exact) mass is 384 g/mol. The Bertz CT molecular complexity index is 55.0. The summed E-state index contributed by atoms with van der Waals surface area (Å²) in [5.41, 5.74) is 0. The molecule has 0 rings (SSSR count). The van der Waals surface area contributed by atoms with E-state index in [1.54, 1.807) is 0 Å². The van der Waals surface area contributed by atoms with Crippen molar-refractivity contribution >= 4 is 37.2 Å². The number of hydrogen-bond acceptors (Lipinski definition) is 0. The molecular weight excluding hydrogens is 364 g/mol. The van der Waals surface area contributed by atoms with Crippen LogP contribution in [-0.4, -0.2) is 30.7 Å². The van der Waals surface area contributed by atoms with E-state index < -0.39 is 0 Å². The first-order chi connectivity index (χ1) is 5.24. The van der Waals surface area contributed by atoms with Crippen molar-refractivity contribution in [2.24, 2.45) is 0 Å². The molecule has 0 saturated carbocycles. The zero-order valence-corrected chi connectivity index (χ0v) is 12.3. The Morgan fingerprint density at radius 1 is 0.727 bits per heavy atom. The van der Waals surface area contributed by atoms with Crippen LogP contribution in [0.3, 0.4) is 0 Å². The molecule has 0 bridgehead atoms. The summed E-state index contributed by atoms with van der Waals surface area (Å²) in [6, 6.07) is 0. The third-order valence-electron chi connectivity index (χ3n) is 2.68. The summed E-state index contributed by atoms with van der Waals surface area (Å²) in [5.74, 6) is 0. The molecule has 0 aromatic rings. The second-order valence-electron chi connectivity index (χ2n) is 2.61. The van der Waals surface area contributed by atoms with Crippen molar-refractivity contribution in [2.45, 2.75) is 27.7 Å². The Hall–Kier alpha value is 1.42. The summed E-state index contributed by atoms with van der Waals surface area (Å²) in [7, 11) is 0. The van der Waals surface area contributed by atoms with E-state index in [-0.39, 0.29) is 0 Å². The van der Waals surface area contributed by atoms with E-state index in [0.717, 1.165) is 0 Å². The number of halogens is 2. The van der Waals surface area contributed by atoms with Gasteiger partial charge in [-0.05, 0) is 27.7 Å². The molecule has 11 heavy (non-hydrogen) atoms. The van der Waals surface area contributed by atoms with E-state index >= 15 is 0 Å². The summed E-state index contributed by atoms with van der Waals surface area (Å²) in [6.07, 6.45) is 0. The van der Waals surface area contributed by atoms with Crippen LogP contribution in [-0.2, 0) is 0 Å². The minimum absolute atomic E-state index is 1.28. The lowest BCUT2D eigenvalue weighted by Gasteiger charge is -2.34. The second-order valence-corrected chi connectivity index (χ2v) is 2.61. The highest BCUT2D eigenvalue weighted by atomic mass is 128. The molecule has 0 radical (unpaired) electrons. The molecule has 0 fully saturated rings. The number of nitrogens with zero attached hydrogens (tertiary/aromatic N) is 1. The van der Waals surface area contributed by atoms with Gasteiger partial charge in [0.05, 0.1) is 26.2 Å². The Kier molecular flexibility index (Phi) is 12.9. The van der Waals surface area contributed by atoms with Crippen molar-refractivity contribution in [1.29, 1.82) is 0 Å². The smallest absolute Gasteiger partial charge is 0.0757 e. The van der Waals surface area contributed by atoms with E-state index in [1.165, 1.54) is 30.7 Å². The lowest BCUT2D eigenvalue weighted by molar-refractivity contribution is -0.921. The fourth-order valence-electron chi connectivity index (χ4n) is 1.34. The Morgan fingerprint density at radius 3 is 0.909 bits per heavy atom. The quantitative estimate of drug-likeness (QED) is 0.513. The first-order valence-electron chi connectivity index (χ1n) is 4.24. The Balaban J connectivity index is 0. The van der Waals surface area contributed by atoms with Crippen LogP contribution in [0.4, 0.5) is 0 Å². The Morgan fingerprint density at radius 2 is 0.909 bits per heavy atom. The van der Waals surface area contributed by atoms with Crippen molar-refractivity contribution < 1.29 is 4.48 Å². The molecule has 0 aliphatic heterocycles. The zero-order chi connectivity index (χ0) is 9.33. The maximum absolute atomic E-state index is 2.27. The Labute approximate surface area is 94.8 Å². The SMILES string of the molecule is CC[N+](CC)(CC)CC.II. The predicted octanol–water partition coefficient (Wildman–Crippen LogP) is 3.65. The standard InChI is InChI=1S/C8H20N.I2/c1-5-9(6-2,7-3)8-4;1-2/h5-8H2,1-4H3;/q+1;. The lowest BCUT2D eigenvalue weighted by Crippen LogP contribution is -2.47. The number of rotatable bonds is 4. The minimum Gasteiger partial charge on any atom is -0.325 e. The van der Waals surface area contributed by atoms with Crippen molar-refractivity contribution in [3.8, 4) is 0 Å². The molecule has 0 N–H and O–H groups in total. The third-order valence-corrected chi connectivity index (χ3v) is 2.68. The lowest BCUT2D eigenvalue weighted by atomic mass is 10.3. The molecule has 0 unspecified atom stereocenters. The van der Waals surface area contributed by atoms with Gasteiger partial charge in [0.25, 0.3) is 0 Å². The topological polar surface area (TPSA) is 0 Å². The van der Waals surface area contributed by atoms with Gasteiger partial charge >= 0.3 is 0 Å². The summed E-state index contributed by atoms with van der Waals surface area (Å²) in [4.78, 5) is 0. The predicted molar refractivity (Wildman–Crippen MR) is 70.5 cm³/mol. The third kappa shape index (κ3) is 5.63. The van der Waals surface area contributed by atoms with Gasteiger partial charge in [-0.1, -0.05) is 0 Å². The van der Waals surface area contributed by atoms with E-state index in [4.69, 9.17) is 0 Å². The normalized spacial score (nSPS) is 10.4. The second kappa shape index (κ2) is 9.51. The van der Waals surface area contributed by atoms with Crippen LogP contribution in [0.15, 0.2) is 0 Å². The van der Waals surface area contributed by atoms with Crippen LogP contribution < -0.4 is 0 Å². The molecule has 1 nitrogen and oxygen atoms in total. The average molecular weight is 384 g/mol. The number of hydrogen-bond donors (Lipinski definition) is 0. The van der Waals surface area contributed by atoms with Crippen molar-refractivity contribution in [3.05, 3.63) is 0 Å². The highest BCUT2D eigenvalue weighted by Crippen LogP contribution is 2.03. The molecule has 0 aliphatic carbocycles. The van der Waals surface area contributed by atoms with Crippen molar-refractivity contribution in [1.82, 2.24) is 0 Å². The van der Waals surface area contributed by atoms with Gasteiger partial charge in [-0.2, -0.15) is 0 Å². The van der Waals surface area contributed by atoms with Crippen LogP contribution >= 0.6 is 37.2 Å². The fraction of sp³-hybridized carbons (Fsp3) is 1.00.